The summed E-state index contributed by atoms with van der Waals surface area (Å²) in [4.78, 5) is 2.36. The van der Waals surface area contributed by atoms with Crippen LogP contribution in [0.4, 0.5) is 5.69 Å². The lowest BCUT2D eigenvalue weighted by Gasteiger charge is -2.22. The second-order valence-corrected chi connectivity index (χ2v) is 5.46. The number of rotatable bonds is 9. The van der Waals surface area contributed by atoms with E-state index in [2.05, 4.69) is 62.3 Å². The molecule has 0 fully saturated rings. The van der Waals surface area contributed by atoms with Crippen molar-refractivity contribution in [2.24, 2.45) is 0 Å². The van der Waals surface area contributed by atoms with Crippen molar-refractivity contribution in [1.29, 1.82) is 0 Å². The summed E-state index contributed by atoms with van der Waals surface area (Å²) in [6.45, 7) is 8.93. The molecule has 1 rings (SSSR count). The predicted molar refractivity (Wildman–Crippen MR) is 86.1 cm³/mol. The van der Waals surface area contributed by atoms with E-state index in [0.29, 0.717) is 6.04 Å². The van der Waals surface area contributed by atoms with Gasteiger partial charge in [0.2, 0.25) is 0 Å². The molecule has 0 saturated heterocycles. The molecule has 1 aromatic carbocycles. The molecule has 1 unspecified atom stereocenters. The van der Waals surface area contributed by atoms with E-state index in [1.807, 2.05) is 0 Å². The van der Waals surface area contributed by atoms with E-state index in [0.717, 1.165) is 13.1 Å². The van der Waals surface area contributed by atoms with Crippen LogP contribution in [0.5, 0.6) is 0 Å². The number of benzene rings is 1. The van der Waals surface area contributed by atoms with Crippen LogP contribution in [0, 0.1) is 6.92 Å². The zero-order chi connectivity index (χ0) is 14.1. The molecule has 2 nitrogen and oxygen atoms in total. The maximum Gasteiger partial charge on any atom is 0.0366 e. The predicted octanol–water partition coefficient (Wildman–Crippen LogP) is 3.99. The first-order chi connectivity index (χ1) is 9.17. The molecular weight excluding hydrogens is 232 g/mol. The van der Waals surface area contributed by atoms with Crippen molar-refractivity contribution >= 4 is 5.69 Å². The summed E-state index contributed by atoms with van der Waals surface area (Å²) in [6.07, 6.45) is 4.97. The molecule has 0 radical (unpaired) electrons. The lowest BCUT2D eigenvalue weighted by molar-refractivity contribution is 0.457. The Balaban J connectivity index is 2.31. The highest BCUT2D eigenvalue weighted by Gasteiger charge is 2.06. The lowest BCUT2D eigenvalue weighted by atomic mass is 10.1. The Bertz CT molecular complexity index is 349. The number of hydrogen-bond acceptors (Lipinski definition) is 2. The minimum absolute atomic E-state index is 0.686. The van der Waals surface area contributed by atoms with Gasteiger partial charge in [0.1, 0.15) is 0 Å². The molecule has 1 aromatic rings. The van der Waals surface area contributed by atoms with Gasteiger partial charge in [-0.05, 0) is 56.8 Å². The van der Waals surface area contributed by atoms with Crippen LogP contribution in [-0.2, 0) is 0 Å². The fourth-order valence-electron chi connectivity index (χ4n) is 2.37. The van der Waals surface area contributed by atoms with Gasteiger partial charge in [0.15, 0.2) is 0 Å². The molecule has 0 amide bonds. The normalized spacial score (nSPS) is 12.4. The zero-order valence-electron chi connectivity index (χ0n) is 13.1. The zero-order valence-corrected chi connectivity index (χ0v) is 13.1. The first kappa shape index (κ1) is 16.0. The number of aryl methyl sites for hydroxylation is 1. The summed E-state index contributed by atoms with van der Waals surface area (Å²) in [5.41, 5.74) is 2.66. The van der Waals surface area contributed by atoms with Crippen molar-refractivity contribution in [3.8, 4) is 0 Å². The SMILES string of the molecule is CCCNC(CC)CCCN(C)c1cccc(C)c1. The molecule has 108 valence electrons. The van der Waals surface area contributed by atoms with Crippen molar-refractivity contribution in [3.05, 3.63) is 29.8 Å². The van der Waals surface area contributed by atoms with Gasteiger partial charge in [0.25, 0.3) is 0 Å². The maximum atomic E-state index is 3.62. The average molecular weight is 262 g/mol. The maximum absolute atomic E-state index is 3.62. The van der Waals surface area contributed by atoms with Gasteiger partial charge >= 0.3 is 0 Å². The number of nitrogens with one attached hydrogen (secondary N) is 1. The van der Waals surface area contributed by atoms with Crippen molar-refractivity contribution < 1.29 is 0 Å². The minimum Gasteiger partial charge on any atom is -0.375 e. The molecule has 0 saturated carbocycles. The van der Waals surface area contributed by atoms with E-state index in [9.17, 15) is 0 Å². The number of anilines is 1. The van der Waals surface area contributed by atoms with Crippen LogP contribution >= 0.6 is 0 Å². The van der Waals surface area contributed by atoms with Crippen molar-refractivity contribution in [1.82, 2.24) is 5.32 Å². The second kappa shape index (κ2) is 8.98. The quantitative estimate of drug-likeness (QED) is 0.724. The molecule has 1 atom stereocenters. The summed E-state index contributed by atoms with van der Waals surface area (Å²) in [5.74, 6) is 0. The van der Waals surface area contributed by atoms with Crippen molar-refractivity contribution in [2.45, 2.75) is 52.5 Å². The van der Waals surface area contributed by atoms with Gasteiger partial charge in [-0.1, -0.05) is 26.0 Å². The van der Waals surface area contributed by atoms with E-state index in [-0.39, 0.29) is 0 Å². The molecule has 0 heterocycles. The fourth-order valence-corrected chi connectivity index (χ4v) is 2.37. The lowest BCUT2D eigenvalue weighted by Crippen LogP contribution is -2.30. The summed E-state index contributed by atoms with van der Waals surface area (Å²) in [6, 6.07) is 9.43. The Morgan fingerprint density at radius 1 is 1.26 bits per heavy atom. The van der Waals surface area contributed by atoms with Gasteiger partial charge in [0.05, 0.1) is 0 Å². The van der Waals surface area contributed by atoms with E-state index in [1.54, 1.807) is 0 Å². The monoisotopic (exact) mass is 262 g/mol. The first-order valence-corrected chi connectivity index (χ1v) is 7.68. The van der Waals surface area contributed by atoms with Gasteiger partial charge in [-0.15, -0.1) is 0 Å². The number of hydrogen-bond donors (Lipinski definition) is 1. The molecule has 2 heteroatoms. The van der Waals surface area contributed by atoms with Gasteiger partial charge in [-0.2, -0.15) is 0 Å². The molecule has 0 aromatic heterocycles. The van der Waals surface area contributed by atoms with Crippen molar-refractivity contribution in [2.75, 3.05) is 25.0 Å². The van der Waals surface area contributed by atoms with Gasteiger partial charge in [-0.3, -0.25) is 0 Å². The Hall–Kier alpha value is -1.02. The van der Waals surface area contributed by atoms with Crippen LogP contribution in [0.1, 0.15) is 45.1 Å². The Morgan fingerprint density at radius 3 is 2.68 bits per heavy atom. The highest BCUT2D eigenvalue weighted by molar-refractivity contribution is 5.47. The summed E-state index contributed by atoms with van der Waals surface area (Å²) in [7, 11) is 2.19. The average Bonchev–Trinajstić information content (AvgIpc) is 2.42. The van der Waals surface area contributed by atoms with Gasteiger partial charge < -0.3 is 10.2 Å². The van der Waals surface area contributed by atoms with E-state index < -0.39 is 0 Å². The van der Waals surface area contributed by atoms with Crippen LogP contribution in [0.25, 0.3) is 0 Å². The van der Waals surface area contributed by atoms with E-state index >= 15 is 0 Å². The van der Waals surface area contributed by atoms with Gasteiger partial charge in [-0.25, -0.2) is 0 Å². The highest BCUT2D eigenvalue weighted by atomic mass is 15.1. The molecule has 19 heavy (non-hydrogen) atoms. The third kappa shape index (κ3) is 6.11. The van der Waals surface area contributed by atoms with Gasteiger partial charge in [0, 0.05) is 25.3 Å². The Kier molecular flexibility index (Phi) is 7.57. The van der Waals surface area contributed by atoms with Crippen LogP contribution < -0.4 is 10.2 Å². The molecule has 0 bridgehead atoms. The van der Waals surface area contributed by atoms with Crippen LogP contribution in [0.3, 0.4) is 0 Å². The second-order valence-electron chi connectivity index (χ2n) is 5.46. The van der Waals surface area contributed by atoms with Crippen molar-refractivity contribution in [3.63, 3.8) is 0 Å². The molecule has 1 N–H and O–H groups in total. The minimum atomic E-state index is 0.686. The molecule has 0 aliphatic carbocycles. The fraction of sp³-hybridized carbons (Fsp3) is 0.647. The Labute approximate surface area is 119 Å². The van der Waals surface area contributed by atoms with Crippen LogP contribution in [0.15, 0.2) is 24.3 Å². The molecule has 0 aliphatic heterocycles. The highest BCUT2D eigenvalue weighted by Crippen LogP contribution is 2.15. The molecule has 0 aliphatic rings. The summed E-state index contributed by atoms with van der Waals surface area (Å²) in [5, 5.41) is 3.62. The summed E-state index contributed by atoms with van der Waals surface area (Å²) < 4.78 is 0. The van der Waals surface area contributed by atoms with Crippen LogP contribution in [-0.4, -0.2) is 26.2 Å². The Morgan fingerprint density at radius 2 is 2.05 bits per heavy atom. The standard InChI is InChI=1S/C17H30N2/c1-5-12-18-16(6-2)10-8-13-19(4)17-11-7-9-15(3)14-17/h7,9,11,14,16,18H,5-6,8,10,12-13H2,1-4H3. The topological polar surface area (TPSA) is 15.3 Å². The third-order valence-corrected chi connectivity index (χ3v) is 3.66. The molecule has 0 spiro atoms. The van der Waals surface area contributed by atoms with E-state index in [4.69, 9.17) is 0 Å². The third-order valence-electron chi connectivity index (χ3n) is 3.66. The number of nitrogens with zero attached hydrogens (tertiary/aromatic N) is 1. The first-order valence-electron chi connectivity index (χ1n) is 7.68. The van der Waals surface area contributed by atoms with Crippen LogP contribution in [0.2, 0.25) is 0 Å². The summed E-state index contributed by atoms with van der Waals surface area (Å²) >= 11 is 0. The largest absolute Gasteiger partial charge is 0.375 e. The smallest absolute Gasteiger partial charge is 0.0366 e. The molecular formula is C17H30N2. The van der Waals surface area contributed by atoms with E-state index in [1.165, 1.54) is 36.9 Å².